The second-order valence-electron chi connectivity index (χ2n) is 8.61. The Morgan fingerprint density at radius 3 is 2.46 bits per heavy atom. The molecule has 0 radical (unpaired) electrons. The molecule has 0 heterocycles. The Balaban J connectivity index is 1.33. The van der Waals surface area contributed by atoms with Crippen molar-refractivity contribution in [2.75, 3.05) is 6.61 Å². The lowest BCUT2D eigenvalue weighted by molar-refractivity contribution is -0.384. The highest BCUT2D eigenvalue weighted by atomic mass is 16.6. The van der Waals surface area contributed by atoms with E-state index in [9.17, 15) is 14.9 Å². The van der Waals surface area contributed by atoms with Gasteiger partial charge in [0.15, 0.2) is 6.61 Å². The van der Waals surface area contributed by atoms with Crippen molar-refractivity contribution in [3.05, 3.63) is 34.4 Å². The first-order valence-corrected chi connectivity index (χ1v) is 9.60. The van der Waals surface area contributed by atoms with E-state index >= 15 is 0 Å². The molecule has 6 heteroatoms. The van der Waals surface area contributed by atoms with E-state index in [0.29, 0.717) is 5.75 Å². The Morgan fingerprint density at radius 1 is 1.27 bits per heavy atom. The van der Waals surface area contributed by atoms with Crippen molar-refractivity contribution < 1.29 is 14.5 Å². The van der Waals surface area contributed by atoms with Crippen molar-refractivity contribution in [2.24, 2.45) is 23.2 Å². The van der Waals surface area contributed by atoms with Crippen LogP contribution in [-0.4, -0.2) is 23.5 Å². The van der Waals surface area contributed by atoms with Crippen LogP contribution in [0.25, 0.3) is 0 Å². The first-order valence-electron chi connectivity index (χ1n) is 9.60. The molecule has 4 aliphatic carbocycles. The molecule has 0 aliphatic heterocycles. The van der Waals surface area contributed by atoms with Gasteiger partial charge in [0.25, 0.3) is 11.6 Å². The van der Waals surface area contributed by atoms with Crippen LogP contribution in [0.3, 0.4) is 0 Å². The van der Waals surface area contributed by atoms with Crippen LogP contribution in [-0.2, 0) is 4.79 Å². The van der Waals surface area contributed by atoms with Crippen molar-refractivity contribution >= 4 is 11.6 Å². The Hall–Kier alpha value is -2.11. The van der Waals surface area contributed by atoms with Gasteiger partial charge in [-0.3, -0.25) is 14.9 Å². The molecule has 5 rings (SSSR count). The van der Waals surface area contributed by atoms with Crippen LogP contribution in [0, 0.1) is 33.3 Å². The van der Waals surface area contributed by atoms with Crippen LogP contribution in [0.4, 0.5) is 5.69 Å². The Labute approximate surface area is 153 Å². The van der Waals surface area contributed by atoms with Crippen LogP contribution in [0.5, 0.6) is 5.75 Å². The number of nitrogens with zero attached hydrogens (tertiary/aromatic N) is 1. The van der Waals surface area contributed by atoms with Crippen molar-refractivity contribution in [2.45, 2.75) is 51.5 Å². The second-order valence-corrected chi connectivity index (χ2v) is 8.61. The summed E-state index contributed by atoms with van der Waals surface area (Å²) in [6.45, 7) is 2.02. The van der Waals surface area contributed by atoms with Gasteiger partial charge in [-0.05, 0) is 74.7 Å². The highest BCUT2D eigenvalue weighted by Crippen LogP contribution is 2.61. The fraction of sp³-hybridized carbons (Fsp3) is 0.650. The Kier molecular flexibility index (Phi) is 4.37. The molecule has 4 bridgehead atoms. The normalized spacial score (nSPS) is 32.9. The molecule has 0 aromatic heterocycles. The number of amides is 1. The highest BCUT2D eigenvalue weighted by molar-refractivity contribution is 5.78. The lowest BCUT2D eigenvalue weighted by Crippen LogP contribution is -2.56. The number of nitro groups is 1. The summed E-state index contributed by atoms with van der Waals surface area (Å²) >= 11 is 0. The zero-order valence-corrected chi connectivity index (χ0v) is 15.1. The molecule has 1 aromatic rings. The van der Waals surface area contributed by atoms with Crippen LogP contribution in [0.2, 0.25) is 0 Å². The molecule has 140 valence electrons. The minimum absolute atomic E-state index is 0.0372. The van der Waals surface area contributed by atoms with Crippen LogP contribution >= 0.6 is 0 Å². The summed E-state index contributed by atoms with van der Waals surface area (Å²) < 4.78 is 5.46. The summed E-state index contributed by atoms with van der Waals surface area (Å²) in [7, 11) is 0. The second kappa shape index (κ2) is 6.56. The van der Waals surface area contributed by atoms with Gasteiger partial charge in [0.2, 0.25) is 0 Å². The van der Waals surface area contributed by atoms with Crippen LogP contribution < -0.4 is 10.1 Å². The van der Waals surface area contributed by atoms with Crippen molar-refractivity contribution in [3.8, 4) is 5.75 Å². The number of hydrogen-bond donors (Lipinski definition) is 1. The molecule has 26 heavy (non-hydrogen) atoms. The summed E-state index contributed by atoms with van der Waals surface area (Å²) in [5, 5.41) is 14.0. The third-order valence-corrected chi connectivity index (χ3v) is 6.78. The van der Waals surface area contributed by atoms with Gasteiger partial charge in [0, 0.05) is 12.1 Å². The van der Waals surface area contributed by atoms with Gasteiger partial charge < -0.3 is 10.1 Å². The van der Waals surface area contributed by atoms with Gasteiger partial charge in [0.1, 0.15) is 5.75 Å². The molecule has 1 amide bonds. The summed E-state index contributed by atoms with van der Waals surface area (Å²) in [5.74, 6) is 2.74. The van der Waals surface area contributed by atoms with Gasteiger partial charge in [-0.25, -0.2) is 0 Å². The van der Waals surface area contributed by atoms with E-state index in [0.717, 1.165) is 17.8 Å². The predicted molar refractivity (Wildman–Crippen MR) is 96.8 cm³/mol. The predicted octanol–water partition coefficient (Wildman–Crippen LogP) is 3.69. The molecule has 0 saturated heterocycles. The fourth-order valence-electron chi connectivity index (χ4n) is 5.98. The Bertz CT molecular complexity index is 682. The number of nitro benzene ring substituents is 1. The van der Waals surface area contributed by atoms with Gasteiger partial charge in [0.05, 0.1) is 11.0 Å². The number of benzene rings is 1. The summed E-state index contributed by atoms with van der Waals surface area (Å²) in [6, 6.07) is 6.08. The number of ether oxygens (including phenoxy) is 1. The lowest BCUT2D eigenvalue weighted by atomic mass is 9.48. The fourth-order valence-corrected chi connectivity index (χ4v) is 5.98. The van der Waals surface area contributed by atoms with E-state index < -0.39 is 4.92 Å². The number of carbonyl (C=O) groups is 1. The molecule has 1 N–H and O–H groups in total. The first kappa shape index (κ1) is 17.3. The summed E-state index contributed by atoms with van der Waals surface area (Å²) in [4.78, 5) is 22.7. The van der Waals surface area contributed by atoms with E-state index in [2.05, 4.69) is 12.2 Å². The lowest BCUT2D eigenvalue weighted by Gasteiger charge is -2.59. The van der Waals surface area contributed by atoms with Crippen molar-refractivity contribution in [1.29, 1.82) is 0 Å². The zero-order valence-electron chi connectivity index (χ0n) is 15.1. The van der Waals surface area contributed by atoms with Gasteiger partial charge >= 0.3 is 0 Å². The minimum atomic E-state index is -0.470. The smallest absolute Gasteiger partial charge is 0.273 e. The molecule has 1 aromatic carbocycles. The maximum absolute atomic E-state index is 12.4. The molecule has 0 unspecified atom stereocenters. The van der Waals surface area contributed by atoms with Gasteiger partial charge in [-0.1, -0.05) is 6.07 Å². The third kappa shape index (κ3) is 3.29. The van der Waals surface area contributed by atoms with E-state index in [4.69, 9.17) is 4.74 Å². The number of carbonyl (C=O) groups excluding carboxylic acids is 1. The average Bonchev–Trinajstić information content (AvgIpc) is 2.59. The monoisotopic (exact) mass is 358 g/mol. The van der Waals surface area contributed by atoms with E-state index in [-0.39, 0.29) is 29.7 Å². The van der Waals surface area contributed by atoms with Crippen LogP contribution in [0.15, 0.2) is 24.3 Å². The largest absolute Gasteiger partial charge is 0.484 e. The molecule has 0 spiro atoms. The number of nitrogens with one attached hydrogen (secondary N) is 1. The first-order chi connectivity index (χ1) is 12.4. The zero-order chi connectivity index (χ0) is 18.3. The van der Waals surface area contributed by atoms with Gasteiger partial charge in [-0.15, -0.1) is 0 Å². The number of rotatable bonds is 6. The SMILES string of the molecule is C[C@@H](NC(=O)COc1cccc([N+](=O)[O-])c1)C12CC3CC(CC(C3)C1)C2. The van der Waals surface area contributed by atoms with Gasteiger partial charge in [-0.2, -0.15) is 0 Å². The summed E-state index contributed by atoms with van der Waals surface area (Å²) in [6.07, 6.45) is 7.88. The van der Waals surface area contributed by atoms with Crippen LogP contribution in [0.1, 0.15) is 45.4 Å². The Morgan fingerprint density at radius 2 is 1.88 bits per heavy atom. The maximum atomic E-state index is 12.4. The standard InChI is InChI=1S/C20H26N2O4/c1-13(20-9-14-5-15(10-20)7-16(6-14)11-20)21-19(23)12-26-18-4-2-3-17(8-18)22(24)25/h2-4,8,13-16H,5-7,9-12H2,1H3,(H,21,23)/t13-,14?,15?,16?,20?/m1/s1. The van der Waals surface area contributed by atoms with E-state index in [1.54, 1.807) is 12.1 Å². The van der Waals surface area contributed by atoms with E-state index in [1.165, 1.54) is 50.7 Å². The quantitative estimate of drug-likeness (QED) is 0.621. The van der Waals surface area contributed by atoms with Crippen molar-refractivity contribution in [1.82, 2.24) is 5.32 Å². The minimum Gasteiger partial charge on any atom is -0.484 e. The topological polar surface area (TPSA) is 81.5 Å². The molecule has 6 nitrogen and oxygen atoms in total. The maximum Gasteiger partial charge on any atom is 0.273 e. The number of non-ortho nitro benzene ring substituents is 1. The summed E-state index contributed by atoms with van der Waals surface area (Å²) in [5.41, 5.74) is 0.223. The molecule has 1 atom stereocenters. The average molecular weight is 358 g/mol. The molecule has 4 saturated carbocycles. The molecule has 4 aliphatic rings. The highest BCUT2D eigenvalue weighted by Gasteiger charge is 2.53. The third-order valence-electron chi connectivity index (χ3n) is 6.78. The van der Waals surface area contributed by atoms with E-state index in [1.807, 2.05) is 0 Å². The molecule has 4 fully saturated rings. The molecular weight excluding hydrogens is 332 g/mol. The number of hydrogen-bond acceptors (Lipinski definition) is 4. The molecular formula is C20H26N2O4. The van der Waals surface area contributed by atoms with Crippen molar-refractivity contribution in [3.63, 3.8) is 0 Å².